The summed E-state index contributed by atoms with van der Waals surface area (Å²) in [6.07, 6.45) is 9.91. The Balaban J connectivity index is 1.90. The number of carbonyl (C=O) groups is 1. The van der Waals surface area contributed by atoms with E-state index in [1.807, 2.05) is 6.08 Å². The quantitative estimate of drug-likeness (QED) is 0.693. The van der Waals surface area contributed by atoms with Crippen molar-refractivity contribution in [1.29, 1.82) is 0 Å². The maximum atomic E-state index is 13.8. The molecule has 104 valence electrons. The van der Waals surface area contributed by atoms with Gasteiger partial charge in [-0.05, 0) is 25.0 Å². The van der Waals surface area contributed by atoms with E-state index in [2.05, 4.69) is 0 Å². The molecule has 1 heterocycles. The highest BCUT2D eigenvalue weighted by Crippen LogP contribution is 2.42. The molecule has 1 aliphatic heterocycles. The van der Waals surface area contributed by atoms with E-state index in [0.29, 0.717) is 17.8 Å². The van der Waals surface area contributed by atoms with Gasteiger partial charge in [0.1, 0.15) is 0 Å². The molecule has 0 amide bonds. The van der Waals surface area contributed by atoms with Gasteiger partial charge in [-0.1, -0.05) is 12.2 Å². The molecule has 20 heavy (non-hydrogen) atoms. The van der Waals surface area contributed by atoms with Crippen LogP contribution in [0.25, 0.3) is 0 Å². The average Bonchev–Trinajstić information content (AvgIpc) is 2.65. The van der Waals surface area contributed by atoms with Gasteiger partial charge in [0.05, 0.1) is 24.2 Å². The van der Waals surface area contributed by atoms with Gasteiger partial charge in [-0.2, -0.15) is 0 Å². The Labute approximate surface area is 120 Å². The van der Waals surface area contributed by atoms with Crippen molar-refractivity contribution in [3.63, 3.8) is 0 Å². The fourth-order valence-electron chi connectivity index (χ4n) is 2.25. The molecule has 1 unspecified atom stereocenters. The molecule has 0 saturated carbocycles. The van der Waals surface area contributed by atoms with Crippen LogP contribution in [0.3, 0.4) is 0 Å². The summed E-state index contributed by atoms with van der Waals surface area (Å²) < 4.78 is 23.9. The van der Waals surface area contributed by atoms with E-state index in [-0.39, 0.29) is 11.1 Å². The second-order valence-electron chi connectivity index (χ2n) is 4.57. The number of carbonyl (C=O) groups excluding carboxylic acids is 1. The molecule has 0 bridgehead atoms. The van der Waals surface area contributed by atoms with Gasteiger partial charge in [-0.25, -0.2) is 9.18 Å². The molecule has 0 aromatic heterocycles. The lowest BCUT2D eigenvalue weighted by atomic mass is 10.0. The zero-order chi connectivity index (χ0) is 14.1. The molecule has 0 radical (unpaired) electrons. The van der Waals surface area contributed by atoms with Crippen molar-refractivity contribution in [3.05, 3.63) is 58.2 Å². The Kier molecular flexibility index (Phi) is 3.53. The Morgan fingerprint density at radius 3 is 3.20 bits per heavy atom. The third-order valence-corrected chi connectivity index (χ3v) is 4.63. The first kappa shape index (κ1) is 13.2. The number of methoxy groups -OCH3 is 1. The molecule has 0 fully saturated rings. The van der Waals surface area contributed by atoms with E-state index in [1.54, 1.807) is 30.0 Å². The van der Waals surface area contributed by atoms with Crippen LogP contribution in [0, 0.1) is 0 Å². The van der Waals surface area contributed by atoms with Gasteiger partial charge in [0, 0.05) is 10.5 Å². The zero-order valence-corrected chi connectivity index (χ0v) is 11.7. The first-order valence-corrected chi connectivity index (χ1v) is 7.18. The van der Waals surface area contributed by atoms with E-state index in [9.17, 15) is 9.18 Å². The zero-order valence-electron chi connectivity index (χ0n) is 10.9. The van der Waals surface area contributed by atoms with E-state index < -0.39 is 5.97 Å². The van der Waals surface area contributed by atoms with Crippen LogP contribution in [0.4, 0.5) is 4.39 Å². The van der Waals surface area contributed by atoms with Crippen molar-refractivity contribution in [2.75, 3.05) is 7.11 Å². The summed E-state index contributed by atoms with van der Waals surface area (Å²) in [6.45, 7) is 0. The molecule has 3 rings (SSSR count). The fraction of sp³-hybridized carbons (Fsp3) is 0.267. The van der Waals surface area contributed by atoms with Gasteiger partial charge in [0.25, 0.3) is 0 Å². The van der Waals surface area contributed by atoms with Crippen LogP contribution < -0.4 is 0 Å². The number of hydrogen-bond acceptors (Lipinski definition) is 4. The summed E-state index contributed by atoms with van der Waals surface area (Å²) in [5, 5.41) is 0.0433. The van der Waals surface area contributed by atoms with Crippen molar-refractivity contribution < 1.29 is 18.7 Å². The fourth-order valence-corrected chi connectivity index (χ4v) is 3.46. The van der Waals surface area contributed by atoms with Crippen molar-refractivity contribution >= 4 is 17.7 Å². The lowest BCUT2D eigenvalue weighted by Gasteiger charge is -2.18. The third kappa shape index (κ3) is 2.33. The number of hydrogen-bond donors (Lipinski definition) is 0. The third-order valence-electron chi connectivity index (χ3n) is 3.27. The molecular weight excluding hydrogens is 279 g/mol. The number of rotatable bonds is 1. The number of allylic oxidation sites excluding steroid dienone is 4. The van der Waals surface area contributed by atoms with Crippen LogP contribution in [0.5, 0.6) is 0 Å². The topological polar surface area (TPSA) is 35.5 Å². The Morgan fingerprint density at radius 2 is 2.40 bits per heavy atom. The first-order chi connectivity index (χ1) is 9.69. The maximum absolute atomic E-state index is 13.8. The summed E-state index contributed by atoms with van der Waals surface area (Å²) in [7, 11) is 1.34. The lowest BCUT2D eigenvalue weighted by Crippen LogP contribution is -2.11. The Morgan fingerprint density at radius 1 is 1.55 bits per heavy atom. The number of halogens is 1. The standard InChI is InChI=1S/C15H13FO3S/c1-18-15(17)9-5-6-12-10(7-9)8-19-14-11(16)3-2-4-13(14)20-12/h3,5-8,12H,2,4H2,1H3. The van der Waals surface area contributed by atoms with Crippen LogP contribution in [-0.2, 0) is 14.3 Å². The van der Waals surface area contributed by atoms with Crippen LogP contribution >= 0.6 is 11.8 Å². The normalized spacial score (nSPS) is 24.5. The predicted octanol–water partition coefficient (Wildman–Crippen LogP) is 3.53. The van der Waals surface area contributed by atoms with Gasteiger partial charge in [-0.15, -0.1) is 11.8 Å². The summed E-state index contributed by atoms with van der Waals surface area (Å²) in [4.78, 5) is 12.5. The number of ether oxygens (including phenoxy) is 2. The van der Waals surface area contributed by atoms with Gasteiger partial charge in [0.15, 0.2) is 11.6 Å². The highest BCUT2D eigenvalue weighted by Gasteiger charge is 2.27. The van der Waals surface area contributed by atoms with Crippen LogP contribution in [0.15, 0.2) is 58.2 Å². The summed E-state index contributed by atoms with van der Waals surface area (Å²) in [5.74, 6) is -0.390. The van der Waals surface area contributed by atoms with Gasteiger partial charge >= 0.3 is 5.97 Å². The van der Waals surface area contributed by atoms with Gasteiger partial charge < -0.3 is 9.47 Å². The highest BCUT2D eigenvalue weighted by atomic mass is 32.2. The molecular formula is C15H13FO3S. The minimum Gasteiger partial charge on any atom is -0.465 e. The Hall–Kier alpha value is -1.75. The molecule has 2 aliphatic carbocycles. The van der Waals surface area contributed by atoms with Crippen LogP contribution in [-0.4, -0.2) is 18.3 Å². The molecule has 0 N–H and O–H groups in total. The van der Waals surface area contributed by atoms with E-state index in [1.165, 1.54) is 13.4 Å². The molecule has 0 aromatic rings. The van der Waals surface area contributed by atoms with Gasteiger partial charge in [0.2, 0.25) is 0 Å². The molecule has 5 heteroatoms. The molecule has 0 aromatic carbocycles. The largest absolute Gasteiger partial charge is 0.465 e. The molecule has 3 nitrogen and oxygen atoms in total. The van der Waals surface area contributed by atoms with Crippen molar-refractivity contribution in [2.24, 2.45) is 0 Å². The average molecular weight is 292 g/mol. The van der Waals surface area contributed by atoms with E-state index in [4.69, 9.17) is 9.47 Å². The van der Waals surface area contributed by atoms with Crippen molar-refractivity contribution in [2.45, 2.75) is 18.1 Å². The lowest BCUT2D eigenvalue weighted by molar-refractivity contribution is -0.135. The number of fused-ring (bicyclic) bond motifs is 1. The second-order valence-corrected chi connectivity index (χ2v) is 5.80. The molecule has 3 aliphatic rings. The van der Waals surface area contributed by atoms with E-state index >= 15 is 0 Å². The van der Waals surface area contributed by atoms with Crippen molar-refractivity contribution in [3.8, 4) is 0 Å². The Bertz CT molecular complexity index is 611. The van der Waals surface area contributed by atoms with Crippen LogP contribution in [0.1, 0.15) is 12.8 Å². The van der Waals surface area contributed by atoms with E-state index in [0.717, 1.165) is 16.9 Å². The smallest absolute Gasteiger partial charge is 0.337 e. The van der Waals surface area contributed by atoms with Gasteiger partial charge in [-0.3, -0.25) is 0 Å². The number of esters is 1. The molecule has 1 atom stereocenters. The first-order valence-electron chi connectivity index (χ1n) is 6.30. The highest BCUT2D eigenvalue weighted by molar-refractivity contribution is 8.04. The molecule has 0 saturated heterocycles. The second kappa shape index (κ2) is 5.32. The minimum absolute atomic E-state index is 0.0433. The minimum atomic E-state index is -0.390. The summed E-state index contributed by atoms with van der Waals surface area (Å²) in [5.41, 5.74) is 1.30. The monoisotopic (exact) mass is 292 g/mol. The predicted molar refractivity (Wildman–Crippen MR) is 75.2 cm³/mol. The van der Waals surface area contributed by atoms with Crippen LogP contribution in [0.2, 0.25) is 0 Å². The maximum Gasteiger partial charge on any atom is 0.337 e. The molecule has 0 spiro atoms. The SMILES string of the molecule is COC(=O)C1=CC2=COC3=C(CCC=C3F)SC2C=C1. The van der Waals surface area contributed by atoms with Crippen molar-refractivity contribution in [1.82, 2.24) is 0 Å². The number of thioether (sulfide) groups is 1. The summed E-state index contributed by atoms with van der Waals surface area (Å²) in [6, 6.07) is 0. The summed E-state index contributed by atoms with van der Waals surface area (Å²) >= 11 is 1.57.